The summed E-state index contributed by atoms with van der Waals surface area (Å²) in [5.41, 5.74) is 0. The molecule has 2 unspecified atom stereocenters. The van der Waals surface area contributed by atoms with E-state index < -0.39 is 12.1 Å². The van der Waals surface area contributed by atoms with Crippen molar-refractivity contribution < 1.29 is 24.5 Å². The van der Waals surface area contributed by atoms with E-state index in [2.05, 4.69) is 31.3 Å². The van der Waals surface area contributed by atoms with Crippen molar-refractivity contribution in [2.45, 2.75) is 283 Å². The number of allylic oxidation sites excluding steroid dienone is 2. The molecule has 3 N–H and O–H groups in total. The van der Waals surface area contributed by atoms with Crippen LogP contribution in [-0.4, -0.2) is 47.4 Å². The predicted molar refractivity (Wildman–Crippen MR) is 241 cm³/mol. The van der Waals surface area contributed by atoms with E-state index in [4.69, 9.17) is 4.74 Å². The zero-order valence-electron chi connectivity index (χ0n) is 37.6. The molecule has 0 aliphatic rings. The lowest BCUT2D eigenvalue weighted by Crippen LogP contribution is -2.45. The Morgan fingerprint density at radius 2 is 0.839 bits per heavy atom. The van der Waals surface area contributed by atoms with E-state index in [0.717, 1.165) is 77.0 Å². The first-order valence-electron chi connectivity index (χ1n) is 24.9. The highest BCUT2D eigenvalue weighted by atomic mass is 16.5. The molecule has 0 bridgehead atoms. The lowest BCUT2D eigenvalue weighted by Gasteiger charge is -2.22. The summed E-state index contributed by atoms with van der Waals surface area (Å²) in [5, 5.41) is 23.2. The largest absolute Gasteiger partial charge is 0.466 e. The quantitative estimate of drug-likeness (QED) is 0.0324. The second-order valence-electron chi connectivity index (χ2n) is 17.1. The Balaban J connectivity index is 3.52. The van der Waals surface area contributed by atoms with Crippen LogP contribution in [0.4, 0.5) is 0 Å². The summed E-state index contributed by atoms with van der Waals surface area (Å²) in [6, 6.07) is -0.561. The summed E-state index contributed by atoms with van der Waals surface area (Å²) in [4.78, 5) is 24.4. The molecule has 0 aliphatic heterocycles. The smallest absolute Gasteiger partial charge is 0.305 e. The Hall–Kier alpha value is -1.40. The monoisotopic (exact) mass is 792 g/mol. The molecule has 0 aromatic heterocycles. The molecule has 6 heteroatoms. The highest BCUT2D eigenvalue weighted by molar-refractivity contribution is 5.76. The Morgan fingerprint density at radius 3 is 1.27 bits per heavy atom. The molecule has 0 fully saturated rings. The molecule has 6 nitrogen and oxygen atoms in total. The van der Waals surface area contributed by atoms with Crippen molar-refractivity contribution in [1.82, 2.24) is 5.32 Å². The van der Waals surface area contributed by atoms with Gasteiger partial charge in [-0.3, -0.25) is 9.59 Å². The van der Waals surface area contributed by atoms with Crippen LogP contribution in [0.3, 0.4) is 0 Å². The summed E-state index contributed by atoms with van der Waals surface area (Å²) >= 11 is 0. The van der Waals surface area contributed by atoms with Crippen LogP contribution < -0.4 is 5.32 Å². The Kier molecular flexibility index (Phi) is 45.1. The first-order chi connectivity index (χ1) is 27.5. The molecule has 0 saturated heterocycles. The Labute approximate surface area is 349 Å². The molecular weight excluding hydrogens is 695 g/mol. The second-order valence-corrected chi connectivity index (χ2v) is 17.1. The number of unbranched alkanes of at least 4 members (excludes halogenated alkanes) is 33. The summed E-state index contributed by atoms with van der Waals surface area (Å²) in [6.07, 6.45) is 51.7. The van der Waals surface area contributed by atoms with Crippen LogP contribution >= 0.6 is 0 Å². The molecule has 0 saturated carbocycles. The standard InChI is InChI=1S/C50H97NO5/c1-3-5-7-9-11-13-15-17-18-19-20-22-26-30-34-38-42-48(53)47(46-52)51-49(54)43-39-35-31-27-23-21-25-29-33-37-41-45-56-50(55)44-40-36-32-28-24-16-14-12-10-8-6-4-2/h25,29,47-48,52-53H,3-24,26-28,30-46H2,1-2H3,(H,51,54)/b29-25-. The van der Waals surface area contributed by atoms with Gasteiger partial charge in [0.15, 0.2) is 0 Å². The summed E-state index contributed by atoms with van der Waals surface area (Å²) < 4.78 is 5.42. The van der Waals surface area contributed by atoms with E-state index >= 15 is 0 Å². The molecule has 0 spiro atoms. The third-order valence-corrected chi connectivity index (χ3v) is 11.6. The van der Waals surface area contributed by atoms with Gasteiger partial charge in [-0.2, -0.15) is 0 Å². The van der Waals surface area contributed by atoms with Crippen molar-refractivity contribution in [3.05, 3.63) is 12.2 Å². The number of nitrogens with one attached hydrogen (secondary N) is 1. The van der Waals surface area contributed by atoms with E-state index in [1.54, 1.807) is 0 Å². The maximum Gasteiger partial charge on any atom is 0.305 e. The zero-order chi connectivity index (χ0) is 40.8. The van der Waals surface area contributed by atoms with Gasteiger partial charge < -0.3 is 20.3 Å². The zero-order valence-corrected chi connectivity index (χ0v) is 37.6. The number of ether oxygens (including phenoxy) is 1. The molecular formula is C50H97NO5. The Morgan fingerprint density at radius 1 is 0.482 bits per heavy atom. The highest BCUT2D eigenvalue weighted by Gasteiger charge is 2.20. The number of aliphatic hydroxyl groups is 2. The third kappa shape index (κ3) is 42.2. The van der Waals surface area contributed by atoms with Gasteiger partial charge in [0, 0.05) is 12.8 Å². The average Bonchev–Trinajstić information content (AvgIpc) is 3.20. The molecule has 0 heterocycles. The van der Waals surface area contributed by atoms with Crippen LogP contribution in [0, 0.1) is 0 Å². The second kappa shape index (κ2) is 46.3. The topological polar surface area (TPSA) is 95.9 Å². The number of amides is 1. The summed E-state index contributed by atoms with van der Waals surface area (Å²) in [6.45, 7) is 4.88. The van der Waals surface area contributed by atoms with Crippen molar-refractivity contribution in [3.63, 3.8) is 0 Å². The van der Waals surface area contributed by atoms with Crippen LogP contribution in [0.25, 0.3) is 0 Å². The number of hydrogen-bond acceptors (Lipinski definition) is 5. The third-order valence-electron chi connectivity index (χ3n) is 11.6. The van der Waals surface area contributed by atoms with Gasteiger partial charge in [-0.1, -0.05) is 219 Å². The van der Waals surface area contributed by atoms with Gasteiger partial charge >= 0.3 is 5.97 Å². The predicted octanol–water partition coefficient (Wildman–Crippen LogP) is 14.6. The maximum absolute atomic E-state index is 12.4. The fourth-order valence-corrected chi connectivity index (χ4v) is 7.69. The van der Waals surface area contributed by atoms with Gasteiger partial charge in [0.1, 0.15) is 0 Å². The molecule has 0 rings (SSSR count). The van der Waals surface area contributed by atoms with Gasteiger partial charge in [-0.15, -0.1) is 0 Å². The van der Waals surface area contributed by atoms with E-state index in [1.807, 2.05) is 0 Å². The van der Waals surface area contributed by atoms with E-state index in [9.17, 15) is 19.8 Å². The molecule has 2 atom stereocenters. The molecule has 332 valence electrons. The molecule has 0 aromatic carbocycles. The normalized spacial score (nSPS) is 12.7. The van der Waals surface area contributed by atoms with Gasteiger partial charge in [0.25, 0.3) is 0 Å². The van der Waals surface area contributed by atoms with Crippen molar-refractivity contribution in [2.75, 3.05) is 13.2 Å². The van der Waals surface area contributed by atoms with E-state index in [-0.39, 0.29) is 18.5 Å². The highest BCUT2D eigenvalue weighted by Crippen LogP contribution is 2.16. The minimum Gasteiger partial charge on any atom is -0.466 e. The molecule has 56 heavy (non-hydrogen) atoms. The molecule has 0 aliphatic carbocycles. The number of rotatable bonds is 46. The number of carbonyl (C=O) groups is 2. The number of carbonyl (C=O) groups excluding carboxylic acids is 2. The maximum atomic E-state index is 12.4. The summed E-state index contributed by atoms with van der Waals surface area (Å²) in [5.74, 6) is -0.0929. The lowest BCUT2D eigenvalue weighted by atomic mass is 10.0. The number of esters is 1. The first-order valence-corrected chi connectivity index (χ1v) is 24.9. The molecule has 1 amide bonds. The minimum atomic E-state index is -0.681. The van der Waals surface area contributed by atoms with E-state index in [0.29, 0.717) is 25.9 Å². The average molecular weight is 792 g/mol. The lowest BCUT2D eigenvalue weighted by molar-refractivity contribution is -0.143. The van der Waals surface area contributed by atoms with E-state index in [1.165, 1.54) is 161 Å². The Bertz CT molecular complexity index is 832. The van der Waals surface area contributed by atoms with Gasteiger partial charge in [-0.25, -0.2) is 0 Å². The first kappa shape index (κ1) is 54.6. The SMILES string of the molecule is CCCCCCCCCCCCCCCCCCC(O)C(CO)NC(=O)CCCCCCC/C=C\CCCCOC(=O)CCCCCCCCCCCCCC. The molecule has 0 aromatic rings. The van der Waals surface area contributed by atoms with Gasteiger partial charge in [-0.05, 0) is 51.4 Å². The van der Waals surface area contributed by atoms with Crippen molar-refractivity contribution in [1.29, 1.82) is 0 Å². The van der Waals surface area contributed by atoms with Crippen LogP contribution in [0.1, 0.15) is 271 Å². The molecule has 0 radical (unpaired) electrons. The van der Waals surface area contributed by atoms with Crippen LogP contribution in [0.5, 0.6) is 0 Å². The fraction of sp³-hybridized carbons (Fsp3) is 0.920. The van der Waals surface area contributed by atoms with Crippen molar-refractivity contribution >= 4 is 11.9 Å². The van der Waals surface area contributed by atoms with Gasteiger partial charge in [0.05, 0.1) is 25.4 Å². The number of aliphatic hydroxyl groups excluding tert-OH is 2. The summed E-state index contributed by atoms with van der Waals surface area (Å²) in [7, 11) is 0. The van der Waals surface area contributed by atoms with Gasteiger partial charge in [0.2, 0.25) is 5.91 Å². The van der Waals surface area contributed by atoms with Crippen LogP contribution in [-0.2, 0) is 14.3 Å². The van der Waals surface area contributed by atoms with Crippen LogP contribution in [0.15, 0.2) is 12.2 Å². The van der Waals surface area contributed by atoms with Crippen molar-refractivity contribution in [3.8, 4) is 0 Å². The fourth-order valence-electron chi connectivity index (χ4n) is 7.69. The van der Waals surface area contributed by atoms with Crippen LogP contribution in [0.2, 0.25) is 0 Å². The number of hydrogen-bond donors (Lipinski definition) is 3. The van der Waals surface area contributed by atoms with Crippen molar-refractivity contribution in [2.24, 2.45) is 0 Å². The minimum absolute atomic E-state index is 0.0303.